The Bertz CT molecular complexity index is 3860. The van der Waals surface area contributed by atoms with Crippen LogP contribution in [-0.2, 0) is 0 Å². The van der Waals surface area contributed by atoms with Crippen LogP contribution in [0.3, 0.4) is 0 Å². The Labute approximate surface area is 361 Å². The Morgan fingerprint density at radius 2 is 0.730 bits per heavy atom. The minimum absolute atomic E-state index is 0.611. The van der Waals surface area contributed by atoms with Crippen LogP contribution in [-0.4, -0.2) is 19.9 Å². The topological polar surface area (TPSA) is 64.7 Å². The van der Waals surface area contributed by atoms with Crippen molar-refractivity contribution in [1.29, 1.82) is 0 Å². The molecule has 5 heteroatoms. The Morgan fingerprint density at radius 1 is 0.270 bits per heavy atom. The zero-order valence-electron chi connectivity index (χ0n) is 33.8. The second-order valence-electron chi connectivity index (χ2n) is 16.1. The molecule has 0 fully saturated rings. The molecule has 13 rings (SSSR count). The molecule has 0 amide bonds. The minimum atomic E-state index is 0.611. The summed E-state index contributed by atoms with van der Waals surface area (Å²) >= 11 is 0. The maximum absolute atomic E-state index is 6.75. The number of fused-ring (bicyclic) bond motifs is 12. The number of para-hydroxylation sites is 2. The third-order valence-electron chi connectivity index (χ3n) is 12.5. The number of rotatable bonds is 5. The summed E-state index contributed by atoms with van der Waals surface area (Å²) in [5.41, 5.74) is 9.47. The van der Waals surface area contributed by atoms with Crippen LogP contribution in [0.15, 0.2) is 211 Å². The van der Waals surface area contributed by atoms with Gasteiger partial charge in [-0.1, -0.05) is 182 Å². The van der Waals surface area contributed by atoms with Crippen LogP contribution in [0.1, 0.15) is 0 Å². The van der Waals surface area contributed by atoms with E-state index in [0.717, 1.165) is 82.7 Å². The van der Waals surface area contributed by atoms with Gasteiger partial charge in [-0.3, -0.25) is 0 Å². The Kier molecular flexibility index (Phi) is 7.84. The van der Waals surface area contributed by atoms with E-state index >= 15 is 0 Å². The average Bonchev–Trinajstić information content (AvgIpc) is 3.74. The first-order valence-corrected chi connectivity index (χ1v) is 21.2. The highest BCUT2D eigenvalue weighted by Gasteiger charge is 2.23. The van der Waals surface area contributed by atoms with E-state index in [1.165, 1.54) is 32.3 Å². The Hall–Kier alpha value is -8.54. The molecule has 0 aliphatic carbocycles. The van der Waals surface area contributed by atoms with Gasteiger partial charge in [-0.2, -0.15) is 0 Å². The van der Waals surface area contributed by atoms with Crippen molar-refractivity contribution in [3.8, 4) is 56.5 Å². The lowest BCUT2D eigenvalue weighted by Crippen LogP contribution is -2.00. The summed E-state index contributed by atoms with van der Waals surface area (Å²) in [7, 11) is 0. The van der Waals surface area contributed by atoms with Crippen molar-refractivity contribution < 1.29 is 4.42 Å². The van der Waals surface area contributed by atoms with E-state index in [0.29, 0.717) is 17.5 Å². The fourth-order valence-corrected chi connectivity index (χ4v) is 9.60. The van der Waals surface area contributed by atoms with Gasteiger partial charge in [0.05, 0.1) is 11.2 Å². The molecule has 3 heterocycles. The smallest absolute Gasteiger partial charge is 0.164 e. The number of aromatic nitrogens is 4. The van der Waals surface area contributed by atoms with Crippen LogP contribution >= 0.6 is 0 Å². The number of benzene rings is 10. The van der Waals surface area contributed by atoms with Crippen LogP contribution in [0, 0.1) is 0 Å². The molecule has 0 radical (unpaired) electrons. The zero-order valence-corrected chi connectivity index (χ0v) is 33.8. The molecule has 0 aliphatic rings. The fraction of sp³-hybridized carbons (Fsp3) is 0. The van der Waals surface area contributed by atoms with Gasteiger partial charge in [0.1, 0.15) is 11.2 Å². The fourth-order valence-electron chi connectivity index (χ4n) is 9.60. The van der Waals surface area contributed by atoms with E-state index in [9.17, 15) is 0 Å². The van der Waals surface area contributed by atoms with Crippen LogP contribution in [0.5, 0.6) is 0 Å². The Balaban J connectivity index is 1.07. The molecule has 0 N–H and O–H groups in total. The molecule has 5 nitrogen and oxygen atoms in total. The maximum Gasteiger partial charge on any atom is 0.164 e. The molecule has 0 spiro atoms. The van der Waals surface area contributed by atoms with E-state index in [-0.39, 0.29) is 0 Å². The predicted molar refractivity (Wildman–Crippen MR) is 260 cm³/mol. The molecule has 292 valence electrons. The highest BCUT2D eigenvalue weighted by atomic mass is 16.3. The lowest BCUT2D eigenvalue weighted by atomic mass is 9.88. The van der Waals surface area contributed by atoms with E-state index in [1.54, 1.807) is 0 Å². The molecule has 0 unspecified atom stereocenters. The monoisotopic (exact) mass is 802 g/mol. The second kappa shape index (κ2) is 14.0. The van der Waals surface area contributed by atoms with Gasteiger partial charge in [-0.05, 0) is 62.1 Å². The summed E-state index contributed by atoms with van der Waals surface area (Å²) in [5.74, 6) is 1.87. The molecule has 0 atom stereocenters. The first-order valence-electron chi connectivity index (χ1n) is 21.2. The minimum Gasteiger partial charge on any atom is -0.456 e. The molecular weight excluding hydrogens is 769 g/mol. The van der Waals surface area contributed by atoms with Gasteiger partial charge in [-0.15, -0.1) is 0 Å². The first-order chi connectivity index (χ1) is 31.2. The summed E-state index contributed by atoms with van der Waals surface area (Å²) in [6, 6.07) is 72.2. The van der Waals surface area contributed by atoms with Crippen molar-refractivity contribution in [3.05, 3.63) is 206 Å². The Morgan fingerprint density at radius 3 is 1.35 bits per heavy atom. The molecular formula is C58H34N4O. The molecule has 63 heavy (non-hydrogen) atoms. The average molecular weight is 803 g/mol. The lowest BCUT2D eigenvalue weighted by molar-refractivity contribution is 0.669. The number of hydrogen-bond acceptors (Lipinski definition) is 5. The molecule has 0 bridgehead atoms. The highest BCUT2D eigenvalue weighted by molar-refractivity contribution is 6.29. The quantitative estimate of drug-likeness (QED) is 0.162. The summed E-state index contributed by atoms with van der Waals surface area (Å²) in [6.07, 6.45) is 0. The third-order valence-corrected chi connectivity index (χ3v) is 12.5. The molecule has 0 aliphatic heterocycles. The van der Waals surface area contributed by atoms with Crippen molar-refractivity contribution in [2.45, 2.75) is 0 Å². The lowest BCUT2D eigenvalue weighted by Gasteiger charge is -2.17. The third kappa shape index (κ3) is 5.64. The van der Waals surface area contributed by atoms with Gasteiger partial charge in [0.15, 0.2) is 17.5 Å². The molecule has 0 saturated heterocycles. The summed E-state index contributed by atoms with van der Waals surface area (Å²) in [6.45, 7) is 0. The van der Waals surface area contributed by atoms with Gasteiger partial charge in [0.25, 0.3) is 0 Å². The molecule has 10 aromatic carbocycles. The second-order valence-corrected chi connectivity index (χ2v) is 16.1. The van der Waals surface area contributed by atoms with E-state index in [1.807, 2.05) is 66.7 Å². The van der Waals surface area contributed by atoms with Gasteiger partial charge < -0.3 is 4.42 Å². The number of nitrogens with zero attached hydrogens (tertiary/aromatic N) is 4. The number of hydrogen-bond donors (Lipinski definition) is 0. The van der Waals surface area contributed by atoms with E-state index in [2.05, 4.69) is 140 Å². The van der Waals surface area contributed by atoms with Gasteiger partial charge in [0.2, 0.25) is 0 Å². The number of pyridine rings is 1. The van der Waals surface area contributed by atoms with Crippen molar-refractivity contribution in [3.63, 3.8) is 0 Å². The van der Waals surface area contributed by atoms with Crippen molar-refractivity contribution in [1.82, 2.24) is 19.9 Å². The standard InChI is InChI=1S/C58H34N4O/c1-3-15-36(16-4-1)56-60-57(37-17-5-2-6-18-37)62-58(61-56)38-29-27-35(28-30-38)52-53-45-23-11-13-25-49(45)59-55(48(53)34-51-54(52)46-24-12-14-26-50(46)63-51)39-31-32-44-42-21-8-7-19-40(42)41-20-9-10-22-43(41)47(44)33-39/h1-34H. The van der Waals surface area contributed by atoms with Crippen molar-refractivity contribution in [2.24, 2.45) is 0 Å². The van der Waals surface area contributed by atoms with Crippen LogP contribution in [0.2, 0.25) is 0 Å². The molecule has 13 aromatic rings. The summed E-state index contributed by atoms with van der Waals surface area (Å²) < 4.78 is 6.75. The highest BCUT2D eigenvalue weighted by Crippen LogP contribution is 2.47. The first kappa shape index (κ1) is 35.2. The maximum atomic E-state index is 6.75. The van der Waals surface area contributed by atoms with Gasteiger partial charge in [0, 0.05) is 54.7 Å². The summed E-state index contributed by atoms with van der Waals surface area (Å²) in [4.78, 5) is 20.5. The van der Waals surface area contributed by atoms with E-state index < -0.39 is 0 Å². The molecule has 3 aromatic heterocycles. The van der Waals surface area contributed by atoms with Gasteiger partial charge in [-0.25, -0.2) is 19.9 Å². The van der Waals surface area contributed by atoms with Gasteiger partial charge >= 0.3 is 0 Å². The summed E-state index contributed by atoms with van der Waals surface area (Å²) in [5, 5.41) is 12.8. The normalized spacial score (nSPS) is 11.8. The van der Waals surface area contributed by atoms with E-state index in [4.69, 9.17) is 24.4 Å². The molecule has 0 saturated carbocycles. The van der Waals surface area contributed by atoms with Crippen LogP contribution in [0.25, 0.3) is 132 Å². The predicted octanol–water partition coefficient (Wildman–Crippen LogP) is 15.3. The van der Waals surface area contributed by atoms with Crippen molar-refractivity contribution in [2.75, 3.05) is 0 Å². The largest absolute Gasteiger partial charge is 0.456 e. The van der Waals surface area contributed by atoms with Crippen LogP contribution in [0.4, 0.5) is 0 Å². The zero-order chi connectivity index (χ0) is 41.4. The SMILES string of the molecule is c1ccc(-c2nc(-c3ccccc3)nc(-c3ccc(-c4c5c(cc6c(-c7ccc8c9ccccc9c9ccccc9c8c7)nc7ccccc7c46)oc4ccccc45)cc3)n2)cc1. The van der Waals surface area contributed by atoms with Crippen LogP contribution < -0.4 is 0 Å². The number of furan rings is 1. The van der Waals surface area contributed by atoms with Crippen molar-refractivity contribution >= 4 is 75.9 Å².